The van der Waals surface area contributed by atoms with Crippen LogP contribution in [0.1, 0.15) is 17.7 Å². The Morgan fingerprint density at radius 2 is 2.25 bits per heavy atom. The van der Waals surface area contributed by atoms with Gasteiger partial charge in [-0.25, -0.2) is 13.8 Å². The van der Waals surface area contributed by atoms with Crippen LogP contribution in [0.2, 0.25) is 0 Å². The number of esters is 1. The molecule has 0 aliphatic heterocycles. The SMILES string of the molecule is COC(=O)Cc1nc(F)c(C(F)F)cc1Br. The van der Waals surface area contributed by atoms with Crippen molar-refractivity contribution in [1.82, 2.24) is 4.98 Å². The molecule has 1 rings (SSSR count). The minimum atomic E-state index is -2.95. The number of halogens is 4. The van der Waals surface area contributed by atoms with E-state index in [0.29, 0.717) is 0 Å². The molecule has 0 bridgehead atoms. The number of rotatable bonds is 3. The monoisotopic (exact) mass is 297 g/mol. The van der Waals surface area contributed by atoms with Gasteiger partial charge >= 0.3 is 5.97 Å². The molecule has 1 aromatic rings. The summed E-state index contributed by atoms with van der Waals surface area (Å²) in [5, 5.41) is 0. The fourth-order valence-corrected chi connectivity index (χ4v) is 1.48. The van der Waals surface area contributed by atoms with Crippen molar-refractivity contribution in [1.29, 1.82) is 0 Å². The molecule has 0 amide bonds. The summed E-state index contributed by atoms with van der Waals surface area (Å²) in [6.45, 7) is 0. The quantitative estimate of drug-likeness (QED) is 0.636. The molecule has 0 aromatic carbocycles. The maximum absolute atomic E-state index is 13.1. The zero-order valence-corrected chi connectivity index (χ0v) is 9.72. The Hall–Kier alpha value is -1.11. The van der Waals surface area contributed by atoms with Gasteiger partial charge in [-0.2, -0.15) is 4.39 Å². The highest BCUT2D eigenvalue weighted by molar-refractivity contribution is 9.10. The Labute approximate surface area is 97.8 Å². The summed E-state index contributed by atoms with van der Waals surface area (Å²) in [6.07, 6.45) is -3.23. The smallest absolute Gasteiger partial charge is 0.311 e. The second-order valence-electron chi connectivity index (χ2n) is 2.85. The largest absolute Gasteiger partial charge is 0.469 e. The third kappa shape index (κ3) is 2.94. The average Bonchev–Trinajstić information content (AvgIpc) is 2.22. The topological polar surface area (TPSA) is 39.2 Å². The maximum Gasteiger partial charge on any atom is 0.311 e. The molecule has 1 aromatic heterocycles. The van der Waals surface area contributed by atoms with Crippen LogP contribution in [0.15, 0.2) is 10.5 Å². The molecule has 88 valence electrons. The van der Waals surface area contributed by atoms with Crippen LogP contribution >= 0.6 is 15.9 Å². The van der Waals surface area contributed by atoms with E-state index in [2.05, 4.69) is 25.7 Å². The summed E-state index contributed by atoms with van der Waals surface area (Å²) < 4.78 is 42.1. The van der Waals surface area contributed by atoms with Gasteiger partial charge in [0.2, 0.25) is 5.95 Å². The van der Waals surface area contributed by atoms with Crippen LogP contribution in [0.4, 0.5) is 13.2 Å². The molecule has 7 heteroatoms. The van der Waals surface area contributed by atoms with E-state index >= 15 is 0 Å². The highest BCUT2D eigenvalue weighted by Gasteiger charge is 2.19. The third-order valence-corrected chi connectivity index (χ3v) is 2.49. The normalized spacial score (nSPS) is 10.6. The molecule has 0 spiro atoms. The summed E-state index contributed by atoms with van der Waals surface area (Å²) in [5.74, 6) is -1.91. The maximum atomic E-state index is 13.1. The lowest BCUT2D eigenvalue weighted by atomic mass is 10.2. The number of pyridine rings is 1. The van der Waals surface area contributed by atoms with Crippen molar-refractivity contribution >= 4 is 21.9 Å². The van der Waals surface area contributed by atoms with Gasteiger partial charge < -0.3 is 4.74 Å². The lowest BCUT2D eigenvalue weighted by Crippen LogP contribution is -2.09. The molecule has 0 radical (unpaired) electrons. The fraction of sp³-hybridized carbons (Fsp3) is 0.333. The van der Waals surface area contributed by atoms with E-state index in [1.54, 1.807) is 0 Å². The number of alkyl halides is 2. The highest BCUT2D eigenvalue weighted by atomic mass is 79.9. The molecular formula is C9H7BrF3NO2. The summed E-state index contributed by atoms with van der Waals surface area (Å²) in [4.78, 5) is 14.2. The van der Waals surface area contributed by atoms with E-state index in [1.165, 1.54) is 7.11 Å². The summed E-state index contributed by atoms with van der Waals surface area (Å²) in [7, 11) is 1.17. The minimum Gasteiger partial charge on any atom is -0.469 e. The number of carbonyl (C=O) groups excluding carboxylic acids is 1. The standard InChI is InChI=1S/C9H7BrF3NO2/c1-16-7(15)3-6-5(10)2-4(8(11)12)9(13)14-6/h2,8H,3H2,1H3. The summed E-state index contributed by atoms with van der Waals surface area (Å²) in [6, 6.07) is 0.908. The van der Waals surface area contributed by atoms with Gasteiger partial charge in [0.05, 0.1) is 24.8 Å². The number of hydrogen-bond acceptors (Lipinski definition) is 3. The second kappa shape index (κ2) is 5.29. The molecule has 1 heterocycles. The lowest BCUT2D eigenvalue weighted by molar-refractivity contribution is -0.139. The molecule has 3 nitrogen and oxygen atoms in total. The van der Waals surface area contributed by atoms with Crippen molar-refractivity contribution in [2.75, 3.05) is 7.11 Å². The third-order valence-electron chi connectivity index (χ3n) is 1.80. The van der Waals surface area contributed by atoms with Gasteiger partial charge in [-0.05, 0) is 22.0 Å². The van der Waals surface area contributed by atoms with E-state index in [9.17, 15) is 18.0 Å². The van der Waals surface area contributed by atoms with Crippen LogP contribution in [0.3, 0.4) is 0 Å². The number of hydrogen-bond donors (Lipinski definition) is 0. The first-order chi connectivity index (χ1) is 7.45. The fourth-order valence-electron chi connectivity index (χ4n) is 1.00. The van der Waals surface area contributed by atoms with Crippen LogP contribution in [0.5, 0.6) is 0 Å². The van der Waals surface area contributed by atoms with Crippen LogP contribution < -0.4 is 0 Å². The first-order valence-corrected chi connectivity index (χ1v) is 4.94. The van der Waals surface area contributed by atoms with Crippen LogP contribution in [-0.2, 0) is 16.0 Å². The van der Waals surface area contributed by atoms with E-state index in [-0.39, 0.29) is 16.6 Å². The number of carbonyl (C=O) groups is 1. The molecule has 0 fully saturated rings. The predicted octanol–water partition coefficient (Wildman–Crippen LogP) is 2.64. The Bertz CT molecular complexity index is 412. The number of aromatic nitrogens is 1. The summed E-state index contributed by atoms with van der Waals surface area (Å²) >= 11 is 2.94. The molecular weight excluding hydrogens is 291 g/mol. The van der Waals surface area contributed by atoms with Gasteiger partial charge in [-0.15, -0.1) is 0 Å². The molecule has 0 aliphatic carbocycles. The molecule has 0 unspecified atom stereocenters. The lowest BCUT2D eigenvalue weighted by Gasteiger charge is -2.06. The Morgan fingerprint density at radius 3 is 2.75 bits per heavy atom. The van der Waals surface area contributed by atoms with E-state index < -0.39 is 23.9 Å². The molecule has 0 aliphatic rings. The first kappa shape index (κ1) is 13.0. The summed E-state index contributed by atoms with van der Waals surface area (Å²) in [5.41, 5.74) is -0.783. The van der Waals surface area contributed by atoms with Gasteiger partial charge in [-0.1, -0.05) is 0 Å². The van der Waals surface area contributed by atoms with Gasteiger partial charge in [0.25, 0.3) is 6.43 Å². The highest BCUT2D eigenvalue weighted by Crippen LogP contribution is 2.26. The van der Waals surface area contributed by atoms with Crippen molar-refractivity contribution in [3.05, 3.63) is 27.7 Å². The van der Waals surface area contributed by atoms with Crippen molar-refractivity contribution in [2.24, 2.45) is 0 Å². The first-order valence-electron chi connectivity index (χ1n) is 4.15. The van der Waals surface area contributed by atoms with Crippen LogP contribution in [0, 0.1) is 5.95 Å². The van der Waals surface area contributed by atoms with Gasteiger partial charge in [-0.3, -0.25) is 4.79 Å². The molecule has 0 saturated heterocycles. The van der Waals surface area contributed by atoms with Crippen molar-refractivity contribution in [2.45, 2.75) is 12.8 Å². The second-order valence-corrected chi connectivity index (χ2v) is 3.70. The minimum absolute atomic E-state index is 0.0220. The number of ether oxygens (including phenoxy) is 1. The zero-order valence-electron chi connectivity index (χ0n) is 8.14. The molecule has 0 saturated carbocycles. The van der Waals surface area contributed by atoms with Crippen LogP contribution in [0.25, 0.3) is 0 Å². The van der Waals surface area contributed by atoms with Gasteiger partial charge in [0, 0.05) is 4.47 Å². The molecule has 16 heavy (non-hydrogen) atoms. The van der Waals surface area contributed by atoms with Crippen molar-refractivity contribution < 1.29 is 22.7 Å². The Balaban J connectivity index is 3.05. The average molecular weight is 298 g/mol. The van der Waals surface area contributed by atoms with Crippen LogP contribution in [-0.4, -0.2) is 18.1 Å². The van der Waals surface area contributed by atoms with E-state index in [4.69, 9.17) is 0 Å². The van der Waals surface area contributed by atoms with Gasteiger partial charge in [0.1, 0.15) is 0 Å². The number of methoxy groups -OCH3 is 1. The van der Waals surface area contributed by atoms with Crippen molar-refractivity contribution in [3.8, 4) is 0 Å². The van der Waals surface area contributed by atoms with Crippen molar-refractivity contribution in [3.63, 3.8) is 0 Å². The van der Waals surface area contributed by atoms with E-state index in [1.807, 2.05) is 0 Å². The van der Waals surface area contributed by atoms with Gasteiger partial charge in [0.15, 0.2) is 0 Å². The Kier molecular flexibility index (Phi) is 4.28. The zero-order chi connectivity index (χ0) is 12.3. The van der Waals surface area contributed by atoms with E-state index in [0.717, 1.165) is 6.07 Å². The Morgan fingerprint density at radius 1 is 1.62 bits per heavy atom. The number of nitrogens with zero attached hydrogens (tertiary/aromatic N) is 1. The molecule has 0 atom stereocenters. The molecule has 0 N–H and O–H groups in total. The predicted molar refractivity (Wildman–Crippen MR) is 52.6 cm³/mol.